The smallest absolute Gasteiger partial charge is 0.320 e. The largest absolute Gasteiger partial charge is 0.353 e. The molecule has 1 aliphatic heterocycles. The van der Waals surface area contributed by atoms with Crippen LogP contribution in [0, 0.1) is 0 Å². The molecule has 1 rings (SSSR count). The highest BCUT2D eigenvalue weighted by molar-refractivity contribution is 4.63. The predicted molar refractivity (Wildman–Crippen MR) is 27.0 cm³/mol. The van der Waals surface area contributed by atoms with E-state index in [2.05, 4.69) is 9.47 Å². The van der Waals surface area contributed by atoms with Gasteiger partial charge in [0.1, 0.15) is 0 Å². The van der Waals surface area contributed by atoms with Crippen LogP contribution in [0.25, 0.3) is 0 Å². The third-order valence-electron chi connectivity index (χ3n) is 1.07. The van der Waals surface area contributed by atoms with Crippen LogP contribution in [0.15, 0.2) is 0 Å². The molecule has 5 heteroatoms. The fourth-order valence-corrected chi connectivity index (χ4v) is 0.558. The topological polar surface area (TPSA) is 84.9 Å². The van der Waals surface area contributed by atoms with Gasteiger partial charge in [-0.1, -0.05) is 0 Å². The van der Waals surface area contributed by atoms with Crippen molar-refractivity contribution in [1.82, 2.24) is 0 Å². The molecule has 0 spiro atoms. The zero-order chi connectivity index (χ0) is 6.91. The Labute approximate surface area is 52.0 Å². The third kappa shape index (κ3) is 1.38. The van der Waals surface area contributed by atoms with Gasteiger partial charge in [0.2, 0.25) is 0 Å². The lowest BCUT2D eigenvalue weighted by atomic mass is 10.4. The lowest BCUT2D eigenvalue weighted by Crippen LogP contribution is -2.55. The van der Waals surface area contributed by atoms with Crippen LogP contribution in [0.5, 0.6) is 0 Å². The van der Waals surface area contributed by atoms with Crippen molar-refractivity contribution in [3.8, 4) is 0 Å². The molecule has 1 aliphatic rings. The zero-order valence-corrected chi connectivity index (χ0v) is 4.78. The number of rotatable bonds is 0. The minimum Gasteiger partial charge on any atom is -0.353 e. The first-order valence-electron chi connectivity index (χ1n) is 2.59. The maximum absolute atomic E-state index is 8.73. The van der Waals surface area contributed by atoms with Crippen molar-refractivity contribution in [1.29, 1.82) is 0 Å². The molecule has 0 aromatic rings. The van der Waals surface area contributed by atoms with Crippen molar-refractivity contribution >= 4 is 0 Å². The molecule has 0 saturated carbocycles. The van der Waals surface area contributed by atoms with E-state index in [0.717, 1.165) is 0 Å². The fraction of sp³-hybridized carbons (Fsp3) is 1.00. The molecule has 9 heavy (non-hydrogen) atoms. The standard InChI is InChI=1S/C4H9NO4/c5-3-4(6,7)9-2-1-8-3/h3,6-7H,1-2,5H2. The van der Waals surface area contributed by atoms with E-state index >= 15 is 0 Å². The molecule has 4 N–H and O–H groups in total. The van der Waals surface area contributed by atoms with Crippen molar-refractivity contribution in [2.75, 3.05) is 13.2 Å². The number of nitrogens with two attached hydrogens (primary N) is 1. The average Bonchev–Trinajstić information content (AvgIpc) is 1.77. The van der Waals surface area contributed by atoms with E-state index in [-0.39, 0.29) is 6.61 Å². The van der Waals surface area contributed by atoms with Gasteiger partial charge in [0.05, 0.1) is 13.2 Å². The summed E-state index contributed by atoms with van der Waals surface area (Å²) in [5.74, 6) is -2.31. The van der Waals surface area contributed by atoms with Gasteiger partial charge in [-0.15, -0.1) is 0 Å². The average molecular weight is 135 g/mol. The van der Waals surface area contributed by atoms with E-state index < -0.39 is 12.2 Å². The van der Waals surface area contributed by atoms with Gasteiger partial charge in [-0.3, -0.25) is 5.73 Å². The Morgan fingerprint density at radius 1 is 1.44 bits per heavy atom. The van der Waals surface area contributed by atoms with Crippen LogP contribution in [0.1, 0.15) is 0 Å². The monoisotopic (exact) mass is 135 g/mol. The second kappa shape index (κ2) is 2.20. The Balaban J connectivity index is 2.49. The normalized spacial score (nSPS) is 34.3. The molecule has 1 heterocycles. The van der Waals surface area contributed by atoms with E-state index in [1.807, 2.05) is 0 Å². The Bertz CT molecular complexity index is 105. The second-order valence-electron chi connectivity index (χ2n) is 1.80. The van der Waals surface area contributed by atoms with Crippen LogP contribution in [0.2, 0.25) is 0 Å². The van der Waals surface area contributed by atoms with Crippen molar-refractivity contribution < 1.29 is 19.7 Å². The van der Waals surface area contributed by atoms with Gasteiger partial charge in [0, 0.05) is 0 Å². The maximum atomic E-state index is 8.73. The molecule has 0 aromatic carbocycles. The van der Waals surface area contributed by atoms with Gasteiger partial charge in [-0.05, 0) is 0 Å². The van der Waals surface area contributed by atoms with Gasteiger partial charge in [0.15, 0.2) is 6.23 Å². The summed E-state index contributed by atoms with van der Waals surface area (Å²) in [6.07, 6.45) is -1.16. The minimum atomic E-state index is -2.31. The third-order valence-corrected chi connectivity index (χ3v) is 1.07. The van der Waals surface area contributed by atoms with Crippen LogP contribution < -0.4 is 5.73 Å². The molecule has 1 unspecified atom stereocenters. The van der Waals surface area contributed by atoms with Crippen molar-refractivity contribution in [3.63, 3.8) is 0 Å². The maximum Gasteiger partial charge on any atom is 0.320 e. The number of ether oxygens (including phenoxy) is 2. The van der Waals surface area contributed by atoms with Gasteiger partial charge in [-0.2, -0.15) is 0 Å². The number of aliphatic hydroxyl groups is 2. The van der Waals surface area contributed by atoms with Crippen LogP contribution >= 0.6 is 0 Å². The summed E-state index contributed by atoms with van der Waals surface area (Å²) in [6, 6.07) is 0. The highest BCUT2D eigenvalue weighted by Crippen LogP contribution is 2.11. The molecule has 5 nitrogen and oxygen atoms in total. The molecule has 1 atom stereocenters. The summed E-state index contributed by atoms with van der Waals surface area (Å²) in [7, 11) is 0. The van der Waals surface area contributed by atoms with E-state index in [1.165, 1.54) is 0 Å². The quantitative estimate of drug-likeness (QED) is 0.333. The predicted octanol–water partition coefficient (Wildman–Crippen LogP) is -2.04. The summed E-state index contributed by atoms with van der Waals surface area (Å²) in [5, 5.41) is 17.5. The zero-order valence-electron chi connectivity index (χ0n) is 4.78. The Morgan fingerprint density at radius 2 is 2.11 bits per heavy atom. The number of hydrogen-bond acceptors (Lipinski definition) is 5. The first kappa shape index (κ1) is 6.91. The molecule has 0 radical (unpaired) electrons. The lowest BCUT2D eigenvalue weighted by molar-refractivity contribution is -0.406. The van der Waals surface area contributed by atoms with Gasteiger partial charge >= 0.3 is 5.97 Å². The molecule has 1 saturated heterocycles. The Kier molecular flexibility index (Phi) is 1.69. The summed E-state index contributed by atoms with van der Waals surface area (Å²) in [4.78, 5) is 0. The van der Waals surface area contributed by atoms with E-state index in [0.29, 0.717) is 6.61 Å². The Morgan fingerprint density at radius 3 is 2.44 bits per heavy atom. The molecule has 0 bridgehead atoms. The molecule has 54 valence electrons. The first-order chi connectivity index (χ1) is 4.13. The van der Waals surface area contributed by atoms with Crippen molar-refractivity contribution in [3.05, 3.63) is 0 Å². The van der Waals surface area contributed by atoms with Crippen LogP contribution in [0.4, 0.5) is 0 Å². The van der Waals surface area contributed by atoms with Gasteiger partial charge in [-0.25, -0.2) is 0 Å². The summed E-state index contributed by atoms with van der Waals surface area (Å²) in [6.45, 7) is 0.449. The van der Waals surface area contributed by atoms with Crippen LogP contribution in [-0.4, -0.2) is 35.6 Å². The highest BCUT2D eigenvalue weighted by Gasteiger charge is 2.37. The minimum absolute atomic E-state index is 0.153. The second-order valence-corrected chi connectivity index (χ2v) is 1.80. The number of hydrogen-bond donors (Lipinski definition) is 3. The molecule has 0 aliphatic carbocycles. The van der Waals surface area contributed by atoms with E-state index in [4.69, 9.17) is 15.9 Å². The molecular formula is C4H9NO4. The van der Waals surface area contributed by atoms with Crippen LogP contribution in [0.3, 0.4) is 0 Å². The summed E-state index contributed by atoms with van der Waals surface area (Å²) >= 11 is 0. The summed E-state index contributed by atoms with van der Waals surface area (Å²) < 4.78 is 9.08. The molecule has 0 aromatic heterocycles. The fourth-order valence-electron chi connectivity index (χ4n) is 0.558. The van der Waals surface area contributed by atoms with E-state index in [9.17, 15) is 0 Å². The summed E-state index contributed by atoms with van der Waals surface area (Å²) in [5.41, 5.74) is 5.07. The van der Waals surface area contributed by atoms with Gasteiger partial charge in [0.25, 0.3) is 0 Å². The van der Waals surface area contributed by atoms with E-state index in [1.54, 1.807) is 0 Å². The molecule has 0 amide bonds. The molecular weight excluding hydrogens is 126 g/mol. The van der Waals surface area contributed by atoms with Crippen molar-refractivity contribution in [2.45, 2.75) is 12.2 Å². The van der Waals surface area contributed by atoms with Gasteiger partial charge < -0.3 is 19.7 Å². The van der Waals surface area contributed by atoms with Crippen molar-refractivity contribution in [2.24, 2.45) is 5.73 Å². The Hall–Kier alpha value is -0.200. The molecule has 1 fully saturated rings. The highest BCUT2D eigenvalue weighted by atomic mass is 16.8. The SMILES string of the molecule is NC1OCCOC1(O)O. The first-order valence-corrected chi connectivity index (χ1v) is 2.59. The lowest BCUT2D eigenvalue weighted by Gasteiger charge is -2.31. The van der Waals surface area contributed by atoms with Crippen LogP contribution in [-0.2, 0) is 9.47 Å².